The molecule has 1 saturated heterocycles. The summed E-state index contributed by atoms with van der Waals surface area (Å²) in [5.74, 6) is -0.676. The van der Waals surface area contributed by atoms with E-state index in [0.29, 0.717) is 11.4 Å². The highest BCUT2D eigenvalue weighted by atomic mass is 16.2. The summed E-state index contributed by atoms with van der Waals surface area (Å²) >= 11 is 0. The van der Waals surface area contributed by atoms with Gasteiger partial charge in [0.2, 0.25) is 11.8 Å². The summed E-state index contributed by atoms with van der Waals surface area (Å²) in [5.41, 5.74) is 2.36. The second-order valence-corrected chi connectivity index (χ2v) is 8.24. The number of nitrogens with one attached hydrogen (secondary N) is 2. The molecular formula is C23H30N4O2. The number of piperazine rings is 1. The molecule has 3 rings (SSSR count). The van der Waals surface area contributed by atoms with Crippen molar-refractivity contribution >= 4 is 28.9 Å². The fourth-order valence-electron chi connectivity index (χ4n) is 3.22. The van der Waals surface area contributed by atoms with Crippen molar-refractivity contribution < 1.29 is 9.59 Å². The SMILES string of the molecule is Cc1cccc(NC(=O)C(C)(C)C(=O)Nc2ccc(N3CCN(C)CC3)cc2)c1. The lowest BCUT2D eigenvalue weighted by atomic mass is 9.90. The summed E-state index contributed by atoms with van der Waals surface area (Å²) < 4.78 is 0. The molecule has 6 heteroatoms. The van der Waals surface area contributed by atoms with Crippen LogP contribution in [0, 0.1) is 12.3 Å². The van der Waals surface area contributed by atoms with Crippen LogP contribution in [-0.2, 0) is 9.59 Å². The molecule has 29 heavy (non-hydrogen) atoms. The molecule has 0 unspecified atom stereocenters. The second kappa shape index (κ2) is 8.66. The van der Waals surface area contributed by atoms with Crippen molar-refractivity contribution in [1.82, 2.24) is 4.90 Å². The summed E-state index contributed by atoms with van der Waals surface area (Å²) in [6.07, 6.45) is 0. The van der Waals surface area contributed by atoms with Gasteiger partial charge in [-0.3, -0.25) is 9.59 Å². The minimum atomic E-state index is -1.21. The first-order valence-corrected chi connectivity index (χ1v) is 9.99. The van der Waals surface area contributed by atoms with E-state index in [-0.39, 0.29) is 11.8 Å². The predicted molar refractivity (Wildman–Crippen MR) is 118 cm³/mol. The summed E-state index contributed by atoms with van der Waals surface area (Å²) in [7, 11) is 2.13. The van der Waals surface area contributed by atoms with Crippen LogP contribution in [0.5, 0.6) is 0 Å². The summed E-state index contributed by atoms with van der Waals surface area (Å²) in [5, 5.41) is 5.71. The van der Waals surface area contributed by atoms with Gasteiger partial charge in [0.05, 0.1) is 0 Å². The predicted octanol–water partition coefficient (Wildman–Crippen LogP) is 3.35. The zero-order chi connectivity index (χ0) is 21.0. The van der Waals surface area contributed by atoms with Gasteiger partial charge in [-0.15, -0.1) is 0 Å². The molecule has 0 saturated carbocycles. The fraction of sp³-hybridized carbons (Fsp3) is 0.391. The molecule has 6 nitrogen and oxygen atoms in total. The first-order valence-electron chi connectivity index (χ1n) is 9.99. The third kappa shape index (κ3) is 5.15. The van der Waals surface area contributed by atoms with Gasteiger partial charge in [-0.1, -0.05) is 12.1 Å². The highest BCUT2D eigenvalue weighted by Crippen LogP contribution is 2.24. The Kier molecular flexibility index (Phi) is 6.23. The average Bonchev–Trinajstić information content (AvgIpc) is 2.69. The number of hydrogen-bond donors (Lipinski definition) is 2. The van der Waals surface area contributed by atoms with E-state index in [9.17, 15) is 9.59 Å². The summed E-state index contributed by atoms with van der Waals surface area (Å²) in [6.45, 7) is 9.30. The maximum atomic E-state index is 12.8. The Labute approximate surface area is 172 Å². The first kappa shape index (κ1) is 20.9. The van der Waals surface area contributed by atoms with E-state index in [2.05, 4.69) is 27.5 Å². The number of nitrogens with zero attached hydrogens (tertiary/aromatic N) is 2. The molecule has 1 heterocycles. The molecule has 2 aromatic carbocycles. The Morgan fingerprint density at radius 1 is 0.862 bits per heavy atom. The van der Waals surface area contributed by atoms with Crippen LogP contribution in [0.25, 0.3) is 0 Å². The Morgan fingerprint density at radius 3 is 2.03 bits per heavy atom. The van der Waals surface area contributed by atoms with E-state index >= 15 is 0 Å². The molecule has 2 aromatic rings. The zero-order valence-electron chi connectivity index (χ0n) is 17.7. The van der Waals surface area contributed by atoms with Gasteiger partial charge in [-0.05, 0) is 69.8 Å². The smallest absolute Gasteiger partial charge is 0.239 e. The fourth-order valence-corrected chi connectivity index (χ4v) is 3.22. The maximum absolute atomic E-state index is 12.8. The number of carbonyl (C=O) groups is 2. The van der Waals surface area contributed by atoms with Crippen molar-refractivity contribution in [2.75, 3.05) is 48.8 Å². The highest BCUT2D eigenvalue weighted by molar-refractivity contribution is 6.14. The maximum Gasteiger partial charge on any atom is 0.239 e. The van der Waals surface area contributed by atoms with Crippen molar-refractivity contribution in [1.29, 1.82) is 0 Å². The standard InChI is InChI=1S/C23H30N4O2/c1-17-6-5-7-19(16-17)25-22(29)23(2,3)21(28)24-18-8-10-20(11-9-18)27-14-12-26(4)13-15-27/h5-11,16H,12-15H2,1-4H3,(H,24,28)(H,25,29). The molecular weight excluding hydrogens is 364 g/mol. The summed E-state index contributed by atoms with van der Waals surface area (Å²) in [4.78, 5) is 30.1. The molecule has 2 N–H and O–H groups in total. The van der Waals surface area contributed by atoms with Crippen LogP contribution in [0.4, 0.5) is 17.1 Å². The number of likely N-dealkylation sites (N-methyl/N-ethyl adjacent to an activating group) is 1. The lowest BCUT2D eigenvalue weighted by molar-refractivity contribution is -0.135. The normalized spacial score (nSPS) is 15.1. The van der Waals surface area contributed by atoms with E-state index in [1.165, 1.54) is 0 Å². The van der Waals surface area contributed by atoms with Crippen molar-refractivity contribution in [3.8, 4) is 0 Å². The van der Waals surface area contributed by atoms with Crippen LogP contribution in [-0.4, -0.2) is 49.9 Å². The van der Waals surface area contributed by atoms with Gasteiger partial charge < -0.3 is 20.4 Å². The number of amides is 2. The van der Waals surface area contributed by atoms with Gasteiger partial charge in [0.1, 0.15) is 5.41 Å². The van der Waals surface area contributed by atoms with E-state index in [1.54, 1.807) is 13.8 Å². The van der Waals surface area contributed by atoms with Crippen LogP contribution < -0.4 is 15.5 Å². The van der Waals surface area contributed by atoms with Crippen LogP contribution in [0.15, 0.2) is 48.5 Å². The van der Waals surface area contributed by atoms with Gasteiger partial charge in [0.15, 0.2) is 0 Å². The van der Waals surface area contributed by atoms with Crippen LogP contribution in [0.1, 0.15) is 19.4 Å². The average molecular weight is 395 g/mol. The minimum Gasteiger partial charge on any atom is -0.369 e. The molecule has 1 fully saturated rings. The van der Waals surface area contributed by atoms with E-state index in [1.807, 2.05) is 55.5 Å². The van der Waals surface area contributed by atoms with Crippen molar-refractivity contribution in [2.24, 2.45) is 5.41 Å². The molecule has 0 atom stereocenters. The Bertz CT molecular complexity index is 869. The Morgan fingerprint density at radius 2 is 1.45 bits per heavy atom. The number of rotatable bonds is 5. The van der Waals surface area contributed by atoms with Crippen molar-refractivity contribution in [3.05, 3.63) is 54.1 Å². The Balaban J connectivity index is 1.61. The molecule has 0 aliphatic carbocycles. The van der Waals surface area contributed by atoms with E-state index in [0.717, 1.165) is 37.4 Å². The minimum absolute atomic E-state index is 0.338. The van der Waals surface area contributed by atoms with Crippen LogP contribution in [0.3, 0.4) is 0 Å². The third-order valence-electron chi connectivity index (χ3n) is 5.40. The van der Waals surface area contributed by atoms with Gasteiger partial charge in [0, 0.05) is 43.2 Å². The molecule has 1 aliphatic heterocycles. The molecule has 0 radical (unpaired) electrons. The molecule has 0 spiro atoms. The lowest BCUT2D eigenvalue weighted by Crippen LogP contribution is -2.44. The number of carbonyl (C=O) groups excluding carboxylic acids is 2. The van der Waals surface area contributed by atoms with Crippen molar-refractivity contribution in [3.63, 3.8) is 0 Å². The molecule has 2 amide bonds. The second-order valence-electron chi connectivity index (χ2n) is 8.24. The van der Waals surface area contributed by atoms with Crippen LogP contribution in [0.2, 0.25) is 0 Å². The van der Waals surface area contributed by atoms with E-state index in [4.69, 9.17) is 0 Å². The molecule has 1 aliphatic rings. The monoisotopic (exact) mass is 394 g/mol. The van der Waals surface area contributed by atoms with Gasteiger partial charge >= 0.3 is 0 Å². The number of aryl methyl sites for hydroxylation is 1. The van der Waals surface area contributed by atoms with E-state index < -0.39 is 5.41 Å². The topological polar surface area (TPSA) is 64.7 Å². The van der Waals surface area contributed by atoms with Gasteiger partial charge in [0.25, 0.3) is 0 Å². The number of hydrogen-bond acceptors (Lipinski definition) is 4. The van der Waals surface area contributed by atoms with Gasteiger partial charge in [-0.25, -0.2) is 0 Å². The molecule has 0 aromatic heterocycles. The molecule has 154 valence electrons. The number of benzene rings is 2. The lowest BCUT2D eigenvalue weighted by Gasteiger charge is -2.34. The number of anilines is 3. The Hall–Kier alpha value is -2.86. The van der Waals surface area contributed by atoms with Crippen LogP contribution >= 0.6 is 0 Å². The quantitative estimate of drug-likeness (QED) is 0.764. The summed E-state index contributed by atoms with van der Waals surface area (Å²) in [6, 6.07) is 15.3. The molecule has 0 bridgehead atoms. The van der Waals surface area contributed by atoms with Gasteiger partial charge in [-0.2, -0.15) is 0 Å². The van der Waals surface area contributed by atoms with Crippen molar-refractivity contribution in [2.45, 2.75) is 20.8 Å². The highest BCUT2D eigenvalue weighted by Gasteiger charge is 2.36. The largest absolute Gasteiger partial charge is 0.369 e. The third-order valence-corrected chi connectivity index (χ3v) is 5.40. The first-order chi connectivity index (χ1) is 13.8. The zero-order valence-corrected chi connectivity index (χ0v) is 17.7.